The van der Waals surface area contributed by atoms with E-state index in [4.69, 9.17) is 10.7 Å². The Morgan fingerprint density at radius 1 is 0.970 bits per heavy atom. The number of nitrogens with two attached hydrogens (primary N) is 1. The number of nitrogens with one attached hydrogen (secondary N) is 1. The van der Waals surface area contributed by atoms with E-state index in [-0.39, 0.29) is 11.4 Å². The van der Waals surface area contributed by atoms with Gasteiger partial charge in [-0.1, -0.05) is 36.4 Å². The summed E-state index contributed by atoms with van der Waals surface area (Å²) in [6.07, 6.45) is 5.05. The standard InChI is InChI=1S/C26H26FN5O/c1-32-25(33)23(19-8-10-22(27)11-9-19)24(20-12-15-29-16-13-20)31-26(32)30-14-4-7-18-5-2-3-6-21(18)17-28/h2-3,5-6,8-13,15-16H,4,7,14,17,28H2,1H3,(H,30,31). The average Bonchev–Trinajstić information content (AvgIpc) is 2.85. The maximum absolute atomic E-state index is 13.5. The summed E-state index contributed by atoms with van der Waals surface area (Å²) >= 11 is 0. The summed E-state index contributed by atoms with van der Waals surface area (Å²) in [4.78, 5) is 22.2. The van der Waals surface area contributed by atoms with Crippen LogP contribution in [0.15, 0.2) is 77.9 Å². The molecule has 0 amide bonds. The van der Waals surface area contributed by atoms with Gasteiger partial charge in [0.1, 0.15) is 5.82 Å². The highest BCUT2D eigenvalue weighted by molar-refractivity contribution is 5.80. The second-order valence-electron chi connectivity index (χ2n) is 7.77. The van der Waals surface area contributed by atoms with Crippen LogP contribution in [0.3, 0.4) is 0 Å². The SMILES string of the molecule is Cn1c(NCCCc2ccccc2CN)nc(-c2ccncc2)c(-c2ccc(F)cc2)c1=O. The smallest absolute Gasteiger partial charge is 0.263 e. The highest BCUT2D eigenvalue weighted by Crippen LogP contribution is 2.28. The molecule has 0 saturated carbocycles. The minimum absolute atomic E-state index is 0.209. The van der Waals surface area contributed by atoms with Gasteiger partial charge in [-0.05, 0) is 53.8 Å². The third-order valence-electron chi connectivity index (χ3n) is 5.62. The minimum Gasteiger partial charge on any atom is -0.356 e. The molecule has 2 aromatic carbocycles. The van der Waals surface area contributed by atoms with E-state index >= 15 is 0 Å². The third-order valence-corrected chi connectivity index (χ3v) is 5.62. The van der Waals surface area contributed by atoms with Crippen molar-refractivity contribution in [2.45, 2.75) is 19.4 Å². The van der Waals surface area contributed by atoms with Crippen LogP contribution in [0.5, 0.6) is 0 Å². The first kappa shape index (κ1) is 22.4. The molecule has 6 nitrogen and oxygen atoms in total. The zero-order valence-electron chi connectivity index (χ0n) is 18.5. The number of benzene rings is 2. The number of nitrogens with zero attached hydrogens (tertiary/aromatic N) is 3. The molecule has 4 rings (SSSR count). The molecular weight excluding hydrogens is 417 g/mol. The van der Waals surface area contributed by atoms with Gasteiger partial charge in [0.05, 0.1) is 11.3 Å². The van der Waals surface area contributed by atoms with E-state index in [1.807, 2.05) is 30.3 Å². The molecule has 3 N–H and O–H groups in total. The van der Waals surface area contributed by atoms with Gasteiger partial charge in [-0.3, -0.25) is 14.3 Å². The molecule has 0 bridgehead atoms. The van der Waals surface area contributed by atoms with Crippen molar-refractivity contribution < 1.29 is 4.39 Å². The highest BCUT2D eigenvalue weighted by Gasteiger charge is 2.18. The molecule has 2 heterocycles. The van der Waals surface area contributed by atoms with Crippen LogP contribution in [0.25, 0.3) is 22.4 Å². The lowest BCUT2D eigenvalue weighted by molar-refractivity contribution is 0.628. The van der Waals surface area contributed by atoms with Gasteiger partial charge in [-0.2, -0.15) is 0 Å². The van der Waals surface area contributed by atoms with E-state index < -0.39 is 0 Å². The summed E-state index contributed by atoms with van der Waals surface area (Å²) in [6.45, 7) is 1.16. The van der Waals surface area contributed by atoms with Crippen molar-refractivity contribution in [3.63, 3.8) is 0 Å². The molecule has 0 aliphatic carbocycles. The van der Waals surface area contributed by atoms with Crippen molar-refractivity contribution >= 4 is 5.95 Å². The maximum Gasteiger partial charge on any atom is 0.263 e. The van der Waals surface area contributed by atoms with Gasteiger partial charge in [0.2, 0.25) is 5.95 Å². The van der Waals surface area contributed by atoms with Crippen LogP contribution in [-0.4, -0.2) is 21.1 Å². The van der Waals surface area contributed by atoms with Crippen molar-refractivity contribution in [2.24, 2.45) is 12.8 Å². The molecule has 0 spiro atoms. The molecule has 0 saturated heterocycles. The Kier molecular flexibility index (Phi) is 6.90. The normalized spacial score (nSPS) is 10.9. The third kappa shape index (κ3) is 4.99. The number of pyridine rings is 1. The summed E-state index contributed by atoms with van der Waals surface area (Å²) in [5.74, 6) is 0.119. The van der Waals surface area contributed by atoms with E-state index in [9.17, 15) is 9.18 Å². The summed E-state index contributed by atoms with van der Waals surface area (Å²) in [6, 6.07) is 17.6. The molecule has 0 aliphatic rings. The highest BCUT2D eigenvalue weighted by atomic mass is 19.1. The van der Waals surface area contributed by atoms with Crippen LogP contribution in [-0.2, 0) is 20.0 Å². The lowest BCUT2D eigenvalue weighted by Crippen LogP contribution is -2.25. The lowest BCUT2D eigenvalue weighted by Gasteiger charge is -2.16. The summed E-state index contributed by atoms with van der Waals surface area (Å²) < 4.78 is 15.0. The molecule has 7 heteroatoms. The fraction of sp³-hybridized carbons (Fsp3) is 0.192. The number of halogens is 1. The predicted octanol–water partition coefficient (Wildman–Crippen LogP) is 4.15. The molecule has 4 aromatic rings. The van der Waals surface area contributed by atoms with Crippen LogP contribution in [0.2, 0.25) is 0 Å². The number of aryl methyl sites for hydroxylation is 1. The molecule has 0 aliphatic heterocycles. The maximum atomic E-state index is 13.5. The van der Waals surface area contributed by atoms with Crippen LogP contribution in [0.1, 0.15) is 17.5 Å². The Balaban J connectivity index is 1.63. The van der Waals surface area contributed by atoms with Crippen molar-refractivity contribution in [1.82, 2.24) is 14.5 Å². The molecule has 0 unspecified atom stereocenters. The summed E-state index contributed by atoms with van der Waals surface area (Å²) in [5, 5.41) is 3.30. The fourth-order valence-corrected chi connectivity index (χ4v) is 3.84. The molecule has 0 radical (unpaired) electrons. The minimum atomic E-state index is -0.358. The van der Waals surface area contributed by atoms with E-state index in [0.717, 1.165) is 24.0 Å². The molecule has 168 valence electrons. The van der Waals surface area contributed by atoms with Gasteiger partial charge in [0.25, 0.3) is 5.56 Å². The first-order valence-corrected chi connectivity index (χ1v) is 10.9. The van der Waals surface area contributed by atoms with Crippen LogP contribution >= 0.6 is 0 Å². The Bertz CT molecular complexity index is 1290. The largest absolute Gasteiger partial charge is 0.356 e. The van der Waals surface area contributed by atoms with E-state index in [0.29, 0.717) is 35.9 Å². The van der Waals surface area contributed by atoms with Crippen LogP contribution in [0.4, 0.5) is 10.3 Å². The lowest BCUT2D eigenvalue weighted by atomic mass is 10.0. The monoisotopic (exact) mass is 443 g/mol. The number of hydrogen-bond acceptors (Lipinski definition) is 5. The van der Waals surface area contributed by atoms with Crippen molar-refractivity contribution in [2.75, 3.05) is 11.9 Å². The van der Waals surface area contributed by atoms with Gasteiger partial charge >= 0.3 is 0 Å². The van der Waals surface area contributed by atoms with Gasteiger partial charge in [0, 0.05) is 38.1 Å². The quantitative estimate of drug-likeness (QED) is 0.400. The topological polar surface area (TPSA) is 85.8 Å². The zero-order valence-corrected chi connectivity index (χ0v) is 18.5. The number of hydrogen-bond donors (Lipinski definition) is 2. The van der Waals surface area contributed by atoms with Crippen molar-refractivity contribution in [3.05, 3.63) is 100 Å². The average molecular weight is 444 g/mol. The number of anilines is 1. The fourth-order valence-electron chi connectivity index (χ4n) is 3.84. The van der Waals surface area contributed by atoms with Crippen molar-refractivity contribution in [1.29, 1.82) is 0 Å². The Labute approximate surface area is 192 Å². The Morgan fingerprint density at radius 2 is 1.67 bits per heavy atom. The zero-order chi connectivity index (χ0) is 23.2. The van der Waals surface area contributed by atoms with Gasteiger partial charge < -0.3 is 11.1 Å². The van der Waals surface area contributed by atoms with E-state index in [1.54, 1.807) is 31.6 Å². The molecule has 0 atom stereocenters. The number of aromatic nitrogens is 3. The van der Waals surface area contributed by atoms with E-state index in [2.05, 4.69) is 16.4 Å². The molecule has 0 fully saturated rings. The number of rotatable bonds is 8. The van der Waals surface area contributed by atoms with Crippen LogP contribution < -0.4 is 16.6 Å². The summed E-state index contributed by atoms with van der Waals surface area (Å²) in [7, 11) is 1.69. The summed E-state index contributed by atoms with van der Waals surface area (Å²) in [5.41, 5.74) is 10.3. The van der Waals surface area contributed by atoms with Gasteiger partial charge in [-0.15, -0.1) is 0 Å². The predicted molar refractivity (Wildman–Crippen MR) is 129 cm³/mol. The first-order valence-electron chi connectivity index (χ1n) is 10.9. The second kappa shape index (κ2) is 10.2. The Hall–Kier alpha value is -3.84. The van der Waals surface area contributed by atoms with Crippen molar-refractivity contribution in [3.8, 4) is 22.4 Å². The first-order chi connectivity index (χ1) is 16.1. The second-order valence-corrected chi connectivity index (χ2v) is 7.77. The molecular formula is C26H26FN5O. The molecule has 2 aromatic heterocycles. The van der Waals surface area contributed by atoms with E-state index in [1.165, 1.54) is 22.3 Å². The Morgan fingerprint density at radius 3 is 2.36 bits per heavy atom. The van der Waals surface area contributed by atoms with Gasteiger partial charge in [0.15, 0.2) is 0 Å². The molecule has 33 heavy (non-hydrogen) atoms. The van der Waals surface area contributed by atoms with Gasteiger partial charge in [-0.25, -0.2) is 9.37 Å². The van der Waals surface area contributed by atoms with Crippen LogP contribution in [0, 0.1) is 5.82 Å².